The predicted molar refractivity (Wildman–Crippen MR) is 179 cm³/mol. The van der Waals surface area contributed by atoms with Gasteiger partial charge in [0.1, 0.15) is 35.3 Å². The van der Waals surface area contributed by atoms with E-state index in [1.165, 1.54) is 19.1 Å². The van der Waals surface area contributed by atoms with Gasteiger partial charge >= 0.3 is 6.03 Å². The van der Waals surface area contributed by atoms with Gasteiger partial charge in [-0.2, -0.15) is 5.10 Å². The van der Waals surface area contributed by atoms with E-state index in [-0.39, 0.29) is 23.4 Å². The van der Waals surface area contributed by atoms with Crippen LogP contribution in [0.3, 0.4) is 0 Å². The molecule has 0 bridgehead atoms. The van der Waals surface area contributed by atoms with Crippen LogP contribution in [-0.4, -0.2) is 49.3 Å². The fourth-order valence-corrected chi connectivity index (χ4v) is 4.91. The Balaban J connectivity index is 1.46. The average Bonchev–Trinajstić information content (AvgIpc) is 3.41. The molecule has 1 atom stereocenters. The smallest absolute Gasteiger partial charge is 0.324 e. The molecule has 0 aliphatic carbocycles. The molecular formula is C35H41FN7O5-. The number of pyridine rings is 1. The van der Waals surface area contributed by atoms with Crippen molar-refractivity contribution in [2.45, 2.75) is 78.9 Å². The number of aromatic nitrogens is 3. The Hall–Kier alpha value is -5.46. The number of rotatable bonds is 9. The molecule has 4 amide bonds. The molecule has 0 fully saturated rings. The number of urea groups is 1. The van der Waals surface area contributed by atoms with Crippen LogP contribution in [0.15, 0.2) is 66.9 Å². The number of carbonyl (C=O) groups excluding carboxylic acids is 3. The minimum Gasteiger partial charge on any atom is -0.530 e. The Bertz CT molecular complexity index is 1790. The van der Waals surface area contributed by atoms with Crippen LogP contribution in [0, 0.1) is 12.7 Å². The number of carboxylic acid groups (broad SMARTS) is 1. The number of amides is 4. The molecule has 2 aromatic heterocycles. The summed E-state index contributed by atoms with van der Waals surface area (Å²) in [5.74, 6) is -0.0130. The van der Waals surface area contributed by atoms with Gasteiger partial charge in [0, 0.05) is 47.6 Å². The topological polar surface area (TPSA) is 154 Å². The van der Waals surface area contributed by atoms with E-state index in [0.717, 1.165) is 16.2 Å². The van der Waals surface area contributed by atoms with Crippen molar-refractivity contribution >= 4 is 29.5 Å². The fraction of sp³-hybridized carbons (Fsp3) is 0.343. The van der Waals surface area contributed by atoms with Crippen LogP contribution < -0.4 is 25.8 Å². The van der Waals surface area contributed by atoms with Crippen LogP contribution in [-0.2, 0) is 16.8 Å². The molecule has 0 saturated carbocycles. The van der Waals surface area contributed by atoms with Crippen molar-refractivity contribution in [3.8, 4) is 17.2 Å². The molecule has 0 aliphatic rings. The van der Waals surface area contributed by atoms with Crippen LogP contribution in [0.1, 0.15) is 65.4 Å². The third-order valence-corrected chi connectivity index (χ3v) is 7.35. The lowest BCUT2D eigenvalue weighted by atomic mass is 9.92. The number of anilines is 2. The Morgan fingerprint density at radius 3 is 2.21 bits per heavy atom. The number of halogens is 1. The number of carbonyl (C=O) groups is 3. The lowest BCUT2D eigenvalue weighted by molar-refractivity contribution is -0.272. The van der Waals surface area contributed by atoms with E-state index in [1.54, 1.807) is 80.2 Å². The summed E-state index contributed by atoms with van der Waals surface area (Å²) in [5, 5.41) is 24.4. The zero-order valence-electron chi connectivity index (χ0n) is 28.3. The second-order valence-corrected chi connectivity index (χ2v) is 13.4. The Morgan fingerprint density at radius 2 is 1.62 bits per heavy atom. The summed E-state index contributed by atoms with van der Waals surface area (Å²) in [4.78, 5) is 42.6. The Labute approximate surface area is 279 Å². The number of ether oxygens (including phenoxy) is 1. The van der Waals surface area contributed by atoms with E-state index >= 15 is 0 Å². The molecule has 13 heteroatoms. The molecule has 1 unspecified atom stereocenters. The van der Waals surface area contributed by atoms with Gasteiger partial charge < -0.3 is 30.2 Å². The largest absolute Gasteiger partial charge is 0.530 e. The van der Waals surface area contributed by atoms with Crippen molar-refractivity contribution in [1.82, 2.24) is 25.0 Å². The number of aryl methyl sites for hydroxylation is 1. The summed E-state index contributed by atoms with van der Waals surface area (Å²) in [6, 6.07) is 14.8. The second kappa shape index (κ2) is 14.1. The van der Waals surface area contributed by atoms with Gasteiger partial charge in [-0.3, -0.25) is 15.1 Å². The predicted octanol–water partition coefficient (Wildman–Crippen LogP) is 5.90. The number of benzene rings is 2. The Morgan fingerprint density at radius 1 is 0.958 bits per heavy atom. The highest BCUT2D eigenvalue weighted by Gasteiger charge is 2.30. The van der Waals surface area contributed by atoms with Crippen LogP contribution in [0.2, 0.25) is 0 Å². The van der Waals surface area contributed by atoms with Gasteiger partial charge in [-0.1, -0.05) is 32.9 Å². The summed E-state index contributed by atoms with van der Waals surface area (Å²) in [7, 11) is 0. The van der Waals surface area contributed by atoms with E-state index in [9.17, 15) is 23.9 Å². The van der Waals surface area contributed by atoms with E-state index in [0.29, 0.717) is 22.9 Å². The van der Waals surface area contributed by atoms with E-state index in [1.807, 2.05) is 27.7 Å². The monoisotopic (exact) mass is 658 g/mol. The van der Waals surface area contributed by atoms with Gasteiger partial charge in [0.2, 0.25) is 5.91 Å². The van der Waals surface area contributed by atoms with Crippen LogP contribution in [0.4, 0.5) is 25.5 Å². The Kier molecular flexibility index (Phi) is 10.4. The molecule has 4 aromatic rings. The molecule has 48 heavy (non-hydrogen) atoms. The summed E-state index contributed by atoms with van der Waals surface area (Å²) in [6.45, 7) is 14.5. The minimum absolute atomic E-state index is 0.0428. The third-order valence-electron chi connectivity index (χ3n) is 7.35. The van der Waals surface area contributed by atoms with Gasteiger partial charge in [-0.25, -0.2) is 13.9 Å². The molecule has 2 aromatic carbocycles. The van der Waals surface area contributed by atoms with Crippen molar-refractivity contribution in [2.24, 2.45) is 0 Å². The van der Waals surface area contributed by atoms with Crippen LogP contribution in [0.5, 0.6) is 11.5 Å². The van der Waals surface area contributed by atoms with Crippen LogP contribution in [0.25, 0.3) is 5.69 Å². The molecule has 2 heterocycles. The highest BCUT2D eigenvalue weighted by molar-refractivity contribution is 5.99. The first-order valence-corrected chi connectivity index (χ1v) is 15.4. The van der Waals surface area contributed by atoms with Crippen molar-refractivity contribution in [3.63, 3.8) is 0 Å². The van der Waals surface area contributed by atoms with Crippen LogP contribution >= 0.6 is 0 Å². The van der Waals surface area contributed by atoms with Crippen molar-refractivity contribution < 1.29 is 28.6 Å². The lowest BCUT2D eigenvalue weighted by Gasteiger charge is -2.41. The molecule has 4 rings (SSSR count). The number of nitrogens with one attached hydrogen (secondary N) is 3. The third kappa shape index (κ3) is 8.87. The van der Waals surface area contributed by atoms with E-state index < -0.39 is 35.4 Å². The van der Waals surface area contributed by atoms with Crippen molar-refractivity contribution in [3.05, 3.63) is 89.6 Å². The van der Waals surface area contributed by atoms with Crippen molar-refractivity contribution in [2.75, 3.05) is 10.6 Å². The fourth-order valence-electron chi connectivity index (χ4n) is 4.91. The first kappa shape index (κ1) is 35.4. The zero-order chi connectivity index (χ0) is 35.4. The minimum atomic E-state index is -1.42. The normalized spacial score (nSPS) is 12.2. The lowest BCUT2D eigenvalue weighted by Crippen LogP contribution is -2.59. The summed E-state index contributed by atoms with van der Waals surface area (Å²) >= 11 is 0. The number of nitrogens with zero attached hydrogens (tertiary/aromatic N) is 4. The van der Waals surface area contributed by atoms with Gasteiger partial charge in [0.05, 0.1) is 17.1 Å². The molecule has 0 saturated heterocycles. The average molecular weight is 659 g/mol. The highest BCUT2D eigenvalue weighted by Crippen LogP contribution is 2.28. The maximum Gasteiger partial charge on any atom is 0.324 e. The highest BCUT2D eigenvalue weighted by atomic mass is 19.1. The first-order chi connectivity index (χ1) is 22.4. The molecule has 0 spiro atoms. The number of hydrogen-bond donors (Lipinski definition) is 3. The van der Waals surface area contributed by atoms with Crippen molar-refractivity contribution in [1.29, 1.82) is 0 Å². The molecule has 0 radical (unpaired) electrons. The number of hydrogen-bond acceptors (Lipinski definition) is 7. The molecule has 12 nitrogen and oxygen atoms in total. The quantitative estimate of drug-likeness (QED) is 0.202. The van der Waals surface area contributed by atoms with E-state index in [4.69, 9.17) is 9.84 Å². The van der Waals surface area contributed by atoms with E-state index in [2.05, 4.69) is 20.9 Å². The first-order valence-electron chi connectivity index (χ1n) is 15.4. The van der Waals surface area contributed by atoms with Gasteiger partial charge in [0.25, 0.3) is 0 Å². The maximum absolute atomic E-state index is 14.9. The SMILES string of the molecule is Cc1cc(Oc2ccc(NC(=O)Nc3cc(C(C)(C)C)nn3-c3ccc(CNC(=O)C(C)N(C(=O)[O-])C(C)(C)C)cc3)c(F)c2)ccn1. The second-order valence-electron chi connectivity index (χ2n) is 13.4. The standard InChI is InChI=1S/C35H42FN7O5/c1-21-17-26(15-16-37-21)48-25-13-14-28(27(36)18-25)39-32(45)40-30-19-29(34(3,4)5)41-43(30)24-11-9-23(10-12-24)20-38-31(44)22(2)42(33(46)47)35(6,7)8/h9-19,22H,20H2,1-8H3,(H,38,44)(H,46,47)(H2,39,40,45)/p-1. The summed E-state index contributed by atoms with van der Waals surface area (Å²) in [5.41, 5.74) is 1.64. The van der Waals surface area contributed by atoms with Gasteiger partial charge in [-0.15, -0.1) is 0 Å². The summed E-state index contributed by atoms with van der Waals surface area (Å²) in [6.07, 6.45) is 0.170. The van der Waals surface area contributed by atoms with Gasteiger partial charge in [-0.05, 0) is 70.5 Å². The molecular weight excluding hydrogens is 617 g/mol. The zero-order valence-corrected chi connectivity index (χ0v) is 28.3. The molecule has 0 aliphatic heterocycles. The van der Waals surface area contributed by atoms with Gasteiger partial charge in [0.15, 0.2) is 0 Å². The maximum atomic E-state index is 14.9. The molecule has 3 N–H and O–H groups in total. The molecule has 254 valence electrons. The summed E-state index contributed by atoms with van der Waals surface area (Å²) < 4.78 is 22.2.